The molecule has 4 aliphatic carbocycles. The van der Waals surface area contributed by atoms with E-state index in [2.05, 4.69) is 19.1 Å². The summed E-state index contributed by atoms with van der Waals surface area (Å²) in [5.41, 5.74) is 0.853. The second-order valence-electron chi connectivity index (χ2n) is 8.28. The fraction of sp³-hybridized carbons (Fsp3) is 0.773. The molecule has 0 saturated heterocycles. The maximum Gasteiger partial charge on any atom is 0.155 e. The maximum atomic E-state index is 11.7. The van der Waals surface area contributed by atoms with E-state index in [9.17, 15) is 9.90 Å². The highest BCUT2D eigenvalue weighted by molar-refractivity contribution is 5.91. The van der Waals surface area contributed by atoms with E-state index in [1.807, 2.05) is 26.8 Å². The lowest BCUT2D eigenvalue weighted by Gasteiger charge is -2.56. The fourth-order valence-electron chi connectivity index (χ4n) is 6.47. The smallest absolute Gasteiger partial charge is 0.155 e. The van der Waals surface area contributed by atoms with Crippen LogP contribution in [0, 0.1) is 29.1 Å². The largest absolute Gasteiger partial charge is 0.385 e. The van der Waals surface area contributed by atoms with Gasteiger partial charge in [-0.3, -0.25) is 4.79 Å². The summed E-state index contributed by atoms with van der Waals surface area (Å²) in [6.45, 7) is 8.27. The van der Waals surface area contributed by atoms with Crippen molar-refractivity contribution in [3.8, 4) is 0 Å². The summed E-state index contributed by atoms with van der Waals surface area (Å²) in [5, 5.41) is 11.0. The number of allylic oxidation sites excluding steroid dienone is 3. The van der Waals surface area contributed by atoms with Crippen molar-refractivity contribution in [3.05, 3.63) is 23.8 Å². The molecule has 2 saturated carbocycles. The molecule has 0 aromatic rings. The lowest BCUT2D eigenvalue weighted by Crippen LogP contribution is -2.53. The van der Waals surface area contributed by atoms with Crippen molar-refractivity contribution >= 4 is 5.78 Å². The Kier molecular flexibility index (Phi) is 4.81. The monoisotopic (exact) mass is 330 g/mol. The average molecular weight is 331 g/mol. The Morgan fingerprint density at radius 3 is 2.62 bits per heavy atom. The summed E-state index contributed by atoms with van der Waals surface area (Å²) in [6, 6.07) is 0. The van der Waals surface area contributed by atoms with Crippen LogP contribution in [0.1, 0.15) is 72.6 Å². The van der Waals surface area contributed by atoms with E-state index in [0.29, 0.717) is 23.5 Å². The molecule has 0 aliphatic heterocycles. The van der Waals surface area contributed by atoms with Crippen LogP contribution in [0.3, 0.4) is 0 Å². The zero-order valence-corrected chi connectivity index (χ0v) is 15.8. The number of carbonyl (C=O) groups excluding carboxylic acids is 1. The molecule has 4 rings (SSSR count). The van der Waals surface area contributed by atoms with Crippen molar-refractivity contribution in [1.29, 1.82) is 0 Å². The van der Waals surface area contributed by atoms with Gasteiger partial charge in [-0.15, -0.1) is 0 Å². The molecular weight excluding hydrogens is 296 g/mol. The molecule has 0 heterocycles. The fourth-order valence-corrected chi connectivity index (χ4v) is 6.47. The molecule has 0 aromatic carbocycles. The first-order chi connectivity index (χ1) is 11.5. The van der Waals surface area contributed by atoms with Gasteiger partial charge in [0.15, 0.2) is 5.78 Å². The minimum Gasteiger partial charge on any atom is -0.385 e. The summed E-state index contributed by atoms with van der Waals surface area (Å²) in [6.07, 6.45) is 13.9. The molecule has 4 unspecified atom stereocenters. The van der Waals surface area contributed by atoms with Gasteiger partial charge in [0, 0.05) is 11.8 Å². The van der Waals surface area contributed by atoms with Gasteiger partial charge in [-0.1, -0.05) is 38.5 Å². The first-order valence-electron chi connectivity index (χ1n) is 10.1. The molecule has 6 atom stereocenters. The highest BCUT2D eigenvalue weighted by Crippen LogP contribution is 2.63. The van der Waals surface area contributed by atoms with Crippen molar-refractivity contribution in [3.63, 3.8) is 0 Å². The van der Waals surface area contributed by atoms with Gasteiger partial charge in [-0.05, 0) is 75.2 Å². The predicted octanol–water partition coefficient (Wildman–Crippen LogP) is 5.07. The highest BCUT2D eigenvalue weighted by Gasteiger charge is 2.59. The van der Waals surface area contributed by atoms with Crippen LogP contribution < -0.4 is 0 Å². The lowest BCUT2D eigenvalue weighted by molar-refractivity contribution is -0.118. The second kappa shape index (κ2) is 6.44. The van der Waals surface area contributed by atoms with Crippen LogP contribution in [0.15, 0.2) is 23.8 Å². The predicted molar refractivity (Wildman–Crippen MR) is 98.6 cm³/mol. The molecule has 4 aliphatic rings. The molecule has 0 spiro atoms. The summed E-state index contributed by atoms with van der Waals surface area (Å²) >= 11 is 0. The maximum absolute atomic E-state index is 11.7. The normalized spacial score (nSPS) is 46.2. The van der Waals surface area contributed by atoms with E-state index >= 15 is 0 Å². The van der Waals surface area contributed by atoms with E-state index in [-0.39, 0.29) is 5.41 Å². The molecule has 1 N–H and O–H groups in total. The Morgan fingerprint density at radius 1 is 1.17 bits per heavy atom. The topological polar surface area (TPSA) is 37.3 Å². The minimum absolute atomic E-state index is 0.0554. The third-order valence-electron chi connectivity index (χ3n) is 7.65. The van der Waals surface area contributed by atoms with Gasteiger partial charge in [0.05, 0.1) is 5.60 Å². The van der Waals surface area contributed by atoms with Gasteiger partial charge < -0.3 is 5.11 Å². The number of aliphatic hydroxyl groups is 1. The molecule has 2 nitrogen and oxygen atoms in total. The SMILES string of the molecule is CC.CCC12CC[C@@H]3C4CCC(=O)C=C4CCC3[C@@H]1C=CC2(C)O. The Morgan fingerprint density at radius 2 is 1.92 bits per heavy atom. The zero-order valence-electron chi connectivity index (χ0n) is 15.8. The zero-order chi connectivity index (χ0) is 17.5. The van der Waals surface area contributed by atoms with Crippen LogP contribution in [0.4, 0.5) is 0 Å². The minimum atomic E-state index is -0.643. The number of ketones is 1. The average Bonchev–Trinajstić information content (AvgIpc) is 2.87. The molecule has 0 bridgehead atoms. The first-order valence-corrected chi connectivity index (χ1v) is 10.1. The van der Waals surface area contributed by atoms with Gasteiger partial charge in [0.25, 0.3) is 0 Å². The number of hydrogen-bond donors (Lipinski definition) is 1. The van der Waals surface area contributed by atoms with Gasteiger partial charge in [0.1, 0.15) is 0 Å². The molecular formula is C22H34O2. The van der Waals surface area contributed by atoms with Crippen LogP contribution in [-0.4, -0.2) is 16.5 Å². The number of hydrogen-bond acceptors (Lipinski definition) is 2. The van der Waals surface area contributed by atoms with Crippen LogP contribution >= 0.6 is 0 Å². The van der Waals surface area contributed by atoms with Gasteiger partial charge in [-0.2, -0.15) is 0 Å². The first kappa shape index (κ1) is 17.9. The lowest BCUT2D eigenvalue weighted by atomic mass is 9.49. The Bertz CT molecular complexity index is 556. The Hall–Kier alpha value is -0.890. The summed E-state index contributed by atoms with van der Waals surface area (Å²) in [5.74, 6) is 2.95. The van der Waals surface area contributed by atoms with E-state index in [1.165, 1.54) is 18.4 Å². The van der Waals surface area contributed by atoms with Gasteiger partial charge in [0.2, 0.25) is 0 Å². The Labute approximate surface area is 147 Å². The van der Waals surface area contributed by atoms with Crippen LogP contribution in [0.2, 0.25) is 0 Å². The summed E-state index contributed by atoms with van der Waals surface area (Å²) < 4.78 is 0. The highest BCUT2D eigenvalue weighted by atomic mass is 16.3. The quantitative estimate of drug-likeness (QED) is 0.681. The van der Waals surface area contributed by atoms with E-state index in [1.54, 1.807) is 0 Å². The summed E-state index contributed by atoms with van der Waals surface area (Å²) in [7, 11) is 0. The molecule has 0 aromatic heterocycles. The third kappa shape index (κ3) is 2.44. The van der Waals surface area contributed by atoms with Crippen molar-refractivity contribution < 1.29 is 9.90 Å². The Balaban J connectivity index is 0.000000815. The molecule has 24 heavy (non-hydrogen) atoms. The number of carbonyl (C=O) groups is 1. The van der Waals surface area contributed by atoms with Crippen LogP contribution in [-0.2, 0) is 4.79 Å². The van der Waals surface area contributed by atoms with Crippen molar-refractivity contribution in [2.75, 3.05) is 0 Å². The van der Waals surface area contributed by atoms with Crippen LogP contribution in [0.5, 0.6) is 0 Å². The van der Waals surface area contributed by atoms with Crippen molar-refractivity contribution in [2.24, 2.45) is 29.1 Å². The molecule has 134 valence electrons. The van der Waals surface area contributed by atoms with E-state index in [4.69, 9.17) is 0 Å². The standard InChI is InChI=1S/C20H28O2.C2H6/c1-3-20-11-8-16-15-7-5-14(21)12-13(15)4-6-17(16)18(20)9-10-19(20,2)22;1-2/h9-10,12,15-18,22H,3-8,11H2,1-2H3;1-2H3/t15?,16-,17?,18+,19?,20?;/m1./s1. The van der Waals surface area contributed by atoms with E-state index < -0.39 is 5.60 Å². The van der Waals surface area contributed by atoms with Crippen molar-refractivity contribution in [2.45, 2.75) is 78.2 Å². The van der Waals surface area contributed by atoms with Crippen LogP contribution in [0.25, 0.3) is 0 Å². The third-order valence-corrected chi connectivity index (χ3v) is 7.65. The molecule has 0 amide bonds. The second-order valence-corrected chi connectivity index (χ2v) is 8.28. The number of fused-ring (bicyclic) bond motifs is 5. The van der Waals surface area contributed by atoms with Gasteiger partial charge in [-0.25, -0.2) is 0 Å². The summed E-state index contributed by atoms with van der Waals surface area (Å²) in [4.78, 5) is 11.7. The molecule has 2 fully saturated rings. The van der Waals surface area contributed by atoms with Crippen molar-refractivity contribution in [1.82, 2.24) is 0 Å². The van der Waals surface area contributed by atoms with E-state index in [0.717, 1.165) is 38.0 Å². The molecule has 0 radical (unpaired) electrons. The molecule has 2 heteroatoms. The number of rotatable bonds is 1. The van der Waals surface area contributed by atoms with Gasteiger partial charge >= 0.3 is 0 Å².